The Morgan fingerprint density at radius 2 is 0.811 bits per heavy atom. The van der Waals surface area contributed by atoms with Crippen molar-refractivity contribution in [3.63, 3.8) is 0 Å². The molecule has 0 unspecified atom stereocenters. The number of aryl methyl sites for hydroxylation is 1. The maximum absolute atomic E-state index is 11.3. The van der Waals surface area contributed by atoms with Crippen LogP contribution in [0.25, 0.3) is 43.1 Å². The van der Waals surface area contributed by atoms with Gasteiger partial charge in [-0.2, -0.15) is 49.2 Å². The first kappa shape index (κ1) is 61.2. The summed E-state index contributed by atoms with van der Waals surface area (Å²) in [5.41, 5.74) is 14.7. The van der Waals surface area contributed by atoms with Crippen molar-refractivity contribution in [3.05, 3.63) is 209 Å². The molecule has 0 aliphatic carbocycles. The van der Waals surface area contributed by atoms with Crippen molar-refractivity contribution in [2.75, 3.05) is 13.2 Å². The molecule has 0 fully saturated rings. The molecule has 390 valence electrons. The molecule has 2 aromatic heterocycles. The number of benzene rings is 6. The molecule has 2 heterocycles. The number of aliphatic hydroxyl groups is 1. The Morgan fingerprint density at radius 3 is 1.16 bits per heavy atom. The molecule has 0 aliphatic rings. The van der Waals surface area contributed by atoms with Gasteiger partial charge in [0.15, 0.2) is 6.61 Å². The van der Waals surface area contributed by atoms with E-state index in [1.54, 1.807) is 22.7 Å². The molecule has 8 rings (SSSR count). The third-order valence-corrected chi connectivity index (χ3v) is 14.6. The summed E-state index contributed by atoms with van der Waals surface area (Å²) < 4.78 is 4.75. The van der Waals surface area contributed by atoms with Gasteiger partial charge in [-0.15, -0.1) is 46.9 Å². The van der Waals surface area contributed by atoms with E-state index in [0.717, 1.165) is 72.9 Å². The largest absolute Gasteiger partial charge is 0.582 e. The van der Waals surface area contributed by atoms with Gasteiger partial charge in [-0.05, 0) is 79.2 Å². The van der Waals surface area contributed by atoms with Crippen molar-refractivity contribution >= 4 is 22.7 Å². The molecule has 0 saturated heterocycles. The molecule has 0 bridgehead atoms. The van der Waals surface area contributed by atoms with E-state index in [1.807, 2.05) is 97.1 Å². The first-order valence-corrected chi connectivity index (χ1v) is 27.2. The second-order valence-corrected chi connectivity index (χ2v) is 24.7. The summed E-state index contributed by atoms with van der Waals surface area (Å²) in [7, 11) is 0. The van der Waals surface area contributed by atoms with Gasteiger partial charge in [-0.25, -0.2) is 0 Å². The molecule has 6 aromatic carbocycles. The Bertz CT molecular complexity index is 2870. The van der Waals surface area contributed by atoms with Crippen molar-refractivity contribution in [1.29, 1.82) is 0 Å². The average molecular weight is 1190 g/mol. The molecule has 0 saturated carbocycles. The number of rotatable bonds is 9. The molecule has 8 aromatic rings. The standard InChI is InChI=1S/C28H36O3S.C25H30OS.2C7H7.Hf/c1-27(2,3)20-15-19(16-21(17-20)28(4,5)6)23-18-32-26(25(23)30)22-11-7-8-12-24(22)31-14-10-9-13-29;1-16-10-8-9-11-20(16)23-22(26)21(15-27-23)17-12-18(24(2,3)4)14-19(13-17)25(5,6)7;2*1-7-5-3-2-4-6-7;/h7-8,11-12,15-18,29-30H,9-10,13-14H2,1-6H3;8-15,26H,1-7H3;2*2-6H,1H2;/q;;2*-1;/p+2. The van der Waals surface area contributed by atoms with Gasteiger partial charge in [-0.1, -0.05) is 168 Å². The zero-order chi connectivity index (χ0) is 53.7. The summed E-state index contributed by atoms with van der Waals surface area (Å²) in [4.78, 5) is 1.81. The molecule has 4 nitrogen and oxygen atoms in total. The third kappa shape index (κ3) is 17.4. The van der Waals surface area contributed by atoms with Gasteiger partial charge >= 0.3 is 0 Å². The minimum absolute atomic E-state index is 0. The van der Waals surface area contributed by atoms with Crippen LogP contribution < -0.4 is 0 Å². The van der Waals surface area contributed by atoms with E-state index < -0.39 is 0 Å². The summed E-state index contributed by atoms with van der Waals surface area (Å²) in [5, 5.41) is 33.8. The predicted octanol–water partition coefficient (Wildman–Crippen LogP) is 18.6. The second-order valence-electron chi connectivity index (χ2n) is 22.9. The fourth-order valence-corrected chi connectivity index (χ4v) is 9.88. The molecule has 0 spiro atoms. The van der Waals surface area contributed by atoms with Crippen molar-refractivity contribution in [2.45, 2.75) is 125 Å². The number of hydrogen-bond acceptors (Lipinski definition) is 4. The van der Waals surface area contributed by atoms with Crippen LogP contribution in [0.2, 0.25) is 0 Å². The van der Waals surface area contributed by atoms with Crippen molar-refractivity contribution in [3.8, 4) is 60.4 Å². The van der Waals surface area contributed by atoms with Crippen LogP contribution in [0.15, 0.2) is 156 Å². The number of ether oxygens (including phenoxy) is 1. The summed E-state index contributed by atoms with van der Waals surface area (Å²) in [6.45, 7) is 37.5. The molecule has 0 radical (unpaired) electrons. The van der Waals surface area contributed by atoms with E-state index in [1.165, 1.54) is 27.8 Å². The monoisotopic (exact) mass is 1190 g/mol. The van der Waals surface area contributed by atoms with Gasteiger partial charge in [0.25, 0.3) is 5.75 Å². The molecule has 0 atom stereocenters. The van der Waals surface area contributed by atoms with Crippen LogP contribution in [0, 0.1) is 20.8 Å². The van der Waals surface area contributed by atoms with Crippen molar-refractivity contribution in [2.24, 2.45) is 0 Å². The van der Waals surface area contributed by atoms with E-state index in [-0.39, 0.29) is 47.5 Å². The Labute approximate surface area is 472 Å². The maximum Gasteiger partial charge on any atom is 0.263 e. The molecular formula is C67H82HfO4S2. The number of aromatic hydroxyl groups is 3. The number of hydrogen-bond donors (Lipinski definition) is 2. The Morgan fingerprint density at radius 1 is 0.459 bits per heavy atom. The zero-order valence-electron chi connectivity index (χ0n) is 46.4. The summed E-state index contributed by atoms with van der Waals surface area (Å²) in [6.07, 6.45) is 1.77. The van der Waals surface area contributed by atoms with Gasteiger partial charge in [0.05, 0.1) is 15.3 Å². The smallest absolute Gasteiger partial charge is 0.263 e. The first-order valence-electron chi connectivity index (χ1n) is 25.4. The predicted molar refractivity (Wildman–Crippen MR) is 319 cm³/mol. The SMILES string of the molecule is CC(C)(C)c1cc(-c2csc(-c3ccccc3[OH+]CCCC[OH2+])c2O)cc(C(C)(C)C)c1.Cc1ccccc1-c1scc(-c2cc(C(C)(C)C)cc(C(C)(C)C)c2)c1O.[CH2-]c1ccccc1.[CH2-]c1ccccc1.[Hf]. The average Bonchev–Trinajstić information content (AvgIpc) is 3.92. The van der Waals surface area contributed by atoms with Crippen LogP contribution in [-0.4, -0.2) is 33.3 Å². The van der Waals surface area contributed by atoms with E-state index in [4.69, 9.17) is 9.84 Å². The Hall–Kier alpha value is -5.31. The van der Waals surface area contributed by atoms with Crippen LogP contribution in [0.3, 0.4) is 0 Å². The van der Waals surface area contributed by atoms with Gasteiger partial charge in [-0.3, -0.25) is 0 Å². The molecule has 0 amide bonds. The fraction of sp³-hybridized carbons (Fsp3) is 0.313. The van der Waals surface area contributed by atoms with E-state index in [9.17, 15) is 10.2 Å². The summed E-state index contributed by atoms with van der Waals surface area (Å²) in [6, 6.07) is 49.5. The van der Waals surface area contributed by atoms with Gasteiger partial charge < -0.3 is 20.1 Å². The van der Waals surface area contributed by atoms with Crippen molar-refractivity contribution < 1.29 is 45.9 Å². The van der Waals surface area contributed by atoms with Crippen LogP contribution in [0.4, 0.5) is 0 Å². The Kier molecular flexibility index (Phi) is 22.3. The zero-order valence-corrected chi connectivity index (χ0v) is 51.6. The first-order chi connectivity index (χ1) is 34.3. The normalized spacial score (nSPS) is 11.4. The number of unbranched alkanes of at least 4 members (excludes halogenated alkanes) is 1. The number of para-hydroxylation sites is 1. The molecule has 5 N–H and O–H groups in total. The maximum atomic E-state index is 11.3. The molecule has 74 heavy (non-hydrogen) atoms. The topological polar surface area (TPSA) is 76.2 Å². The van der Waals surface area contributed by atoms with Crippen LogP contribution in [0.1, 0.15) is 135 Å². The van der Waals surface area contributed by atoms with Crippen LogP contribution in [-0.2, 0) is 47.5 Å². The molecular weight excluding hydrogens is 1110 g/mol. The van der Waals surface area contributed by atoms with Gasteiger partial charge in [0, 0.05) is 66.6 Å². The minimum Gasteiger partial charge on any atom is -0.582 e. The van der Waals surface area contributed by atoms with Crippen LogP contribution >= 0.6 is 22.7 Å². The van der Waals surface area contributed by atoms with Crippen LogP contribution in [0.5, 0.6) is 17.2 Å². The summed E-state index contributed by atoms with van der Waals surface area (Å²) in [5.74, 6) is 1.62. The number of thiophene rings is 2. The minimum atomic E-state index is 0. The molecule has 0 aliphatic heterocycles. The van der Waals surface area contributed by atoms with Gasteiger partial charge in [0.2, 0.25) is 0 Å². The van der Waals surface area contributed by atoms with E-state index in [0.29, 0.717) is 24.7 Å². The third-order valence-electron chi connectivity index (χ3n) is 12.6. The van der Waals surface area contributed by atoms with Crippen molar-refractivity contribution in [1.82, 2.24) is 0 Å². The second kappa shape index (κ2) is 27.0. The summed E-state index contributed by atoms with van der Waals surface area (Å²) >= 11 is 3.18. The van der Waals surface area contributed by atoms with E-state index >= 15 is 0 Å². The molecule has 7 heteroatoms. The Balaban J connectivity index is 0.000000252. The quantitative estimate of drug-likeness (QED) is 0.0654. The van der Waals surface area contributed by atoms with E-state index in [2.05, 4.69) is 163 Å². The van der Waals surface area contributed by atoms with Gasteiger partial charge in [0.1, 0.15) is 18.1 Å². The fourth-order valence-electron chi connectivity index (χ4n) is 7.82.